The Kier molecular flexibility index (Phi) is 12.5. The number of hydrogen-bond acceptors (Lipinski definition) is 2. The monoisotopic (exact) mass is 256 g/mol. The molecule has 0 fully saturated rings. The molecule has 0 aromatic carbocycles. The van der Waals surface area contributed by atoms with Gasteiger partial charge in [0.05, 0.1) is 6.54 Å². The number of nitrogens with zero attached hydrogens (tertiary/aromatic N) is 1. The molecule has 3 heteroatoms. The van der Waals surface area contributed by atoms with Crippen LogP contribution in [-0.4, -0.2) is 30.9 Å². The summed E-state index contributed by atoms with van der Waals surface area (Å²) in [4.78, 5) is 12.9. The second-order valence-corrected chi connectivity index (χ2v) is 5.20. The summed E-state index contributed by atoms with van der Waals surface area (Å²) >= 11 is 0. The first-order chi connectivity index (χ1) is 8.72. The Hall–Kier alpha value is -0.570. The van der Waals surface area contributed by atoms with Crippen molar-refractivity contribution in [3.8, 4) is 0 Å². The van der Waals surface area contributed by atoms with Gasteiger partial charge in [-0.05, 0) is 6.42 Å². The first-order valence-electron chi connectivity index (χ1n) is 7.66. The maximum atomic E-state index is 11.2. The third-order valence-electron chi connectivity index (χ3n) is 3.45. The van der Waals surface area contributed by atoms with Gasteiger partial charge in [0, 0.05) is 13.6 Å². The lowest BCUT2D eigenvalue weighted by Gasteiger charge is -2.15. The molecular weight excluding hydrogens is 224 g/mol. The quantitative estimate of drug-likeness (QED) is 0.544. The Balaban J connectivity index is 3.14. The third kappa shape index (κ3) is 10.6. The van der Waals surface area contributed by atoms with Crippen LogP contribution >= 0.6 is 0 Å². The van der Waals surface area contributed by atoms with Gasteiger partial charge in [-0.25, -0.2) is 0 Å². The largest absolute Gasteiger partial charge is 0.345 e. The number of nitrogens with two attached hydrogens (primary N) is 1. The molecule has 0 bridgehead atoms. The van der Waals surface area contributed by atoms with Crippen molar-refractivity contribution in [1.29, 1.82) is 0 Å². The highest BCUT2D eigenvalue weighted by molar-refractivity contribution is 5.77. The van der Waals surface area contributed by atoms with Crippen molar-refractivity contribution in [2.75, 3.05) is 20.1 Å². The average molecular weight is 256 g/mol. The van der Waals surface area contributed by atoms with E-state index in [-0.39, 0.29) is 12.5 Å². The molecule has 0 rings (SSSR count). The van der Waals surface area contributed by atoms with Crippen LogP contribution in [0.5, 0.6) is 0 Å². The summed E-state index contributed by atoms with van der Waals surface area (Å²) in [5, 5.41) is 0. The summed E-state index contributed by atoms with van der Waals surface area (Å²) in [6, 6.07) is 0. The number of rotatable bonds is 12. The standard InChI is InChI=1S/C15H32N2O/c1-3-4-5-6-7-8-9-10-11-12-13-17(2)15(18)14-16/h3-14,16H2,1-2H3. The predicted molar refractivity (Wildman–Crippen MR) is 78.5 cm³/mol. The van der Waals surface area contributed by atoms with E-state index in [0.717, 1.165) is 13.0 Å². The average Bonchev–Trinajstić information content (AvgIpc) is 2.39. The smallest absolute Gasteiger partial charge is 0.236 e. The fourth-order valence-electron chi connectivity index (χ4n) is 2.12. The van der Waals surface area contributed by atoms with Crippen LogP contribution in [0.3, 0.4) is 0 Å². The molecule has 108 valence electrons. The number of likely N-dealkylation sites (N-methyl/N-ethyl adjacent to an activating group) is 1. The maximum Gasteiger partial charge on any atom is 0.236 e. The van der Waals surface area contributed by atoms with E-state index >= 15 is 0 Å². The summed E-state index contributed by atoms with van der Waals surface area (Å²) in [6.07, 6.45) is 13.3. The fraction of sp³-hybridized carbons (Fsp3) is 0.933. The molecule has 3 nitrogen and oxygen atoms in total. The minimum absolute atomic E-state index is 0.0472. The van der Waals surface area contributed by atoms with Gasteiger partial charge < -0.3 is 10.6 Å². The molecular formula is C15H32N2O. The van der Waals surface area contributed by atoms with Crippen molar-refractivity contribution < 1.29 is 4.79 Å². The normalized spacial score (nSPS) is 10.6. The van der Waals surface area contributed by atoms with E-state index in [1.54, 1.807) is 4.90 Å². The van der Waals surface area contributed by atoms with Gasteiger partial charge >= 0.3 is 0 Å². The van der Waals surface area contributed by atoms with Crippen LogP contribution in [0.1, 0.15) is 71.1 Å². The van der Waals surface area contributed by atoms with E-state index in [9.17, 15) is 4.79 Å². The second kappa shape index (κ2) is 12.9. The van der Waals surface area contributed by atoms with Crippen LogP contribution in [-0.2, 0) is 4.79 Å². The zero-order valence-electron chi connectivity index (χ0n) is 12.4. The molecule has 0 spiro atoms. The highest BCUT2D eigenvalue weighted by atomic mass is 16.2. The molecule has 0 aliphatic carbocycles. The number of hydrogen-bond donors (Lipinski definition) is 1. The van der Waals surface area contributed by atoms with Gasteiger partial charge in [-0.3, -0.25) is 4.79 Å². The van der Waals surface area contributed by atoms with Crippen LogP contribution < -0.4 is 5.73 Å². The van der Waals surface area contributed by atoms with E-state index in [1.165, 1.54) is 57.8 Å². The molecule has 0 saturated heterocycles. The number of amides is 1. The lowest BCUT2D eigenvalue weighted by atomic mass is 10.1. The van der Waals surface area contributed by atoms with Gasteiger partial charge in [0.2, 0.25) is 5.91 Å². The predicted octanol–water partition coefficient (Wildman–Crippen LogP) is 3.32. The Morgan fingerprint density at radius 2 is 1.33 bits per heavy atom. The summed E-state index contributed by atoms with van der Waals surface area (Å²) in [7, 11) is 1.84. The number of carbonyl (C=O) groups is 1. The van der Waals surface area contributed by atoms with E-state index in [4.69, 9.17) is 5.73 Å². The van der Waals surface area contributed by atoms with Crippen LogP contribution in [0.2, 0.25) is 0 Å². The summed E-state index contributed by atoms with van der Waals surface area (Å²) in [5.41, 5.74) is 5.30. The first-order valence-corrected chi connectivity index (χ1v) is 7.66. The van der Waals surface area contributed by atoms with Gasteiger partial charge in [0.15, 0.2) is 0 Å². The fourth-order valence-corrected chi connectivity index (χ4v) is 2.12. The van der Waals surface area contributed by atoms with Crippen molar-refractivity contribution >= 4 is 5.91 Å². The Morgan fingerprint density at radius 1 is 0.889 bits per heavy atom. The highest BCUT2D eigenvalue weighted by Gasteiger charge is 2.04. The van der Waals surface area contributed by atoms with Crippen LogP contribution in [0.25, 0.3) is 0 Å². The third-order valence-corrected chi connectivity index (χ3v) is 3.45. The van der Waals surface area contributed by atoms with Crippen molar-refractivity contribution in [3.05, 3.63) is 0 Å². The van der Waals surface area contributed by atoms with Crippen molar-refractivity contribution in [2.24, 2.45) is 5.73 Å². The number of carbonyl (C=O) groups excluding carboxylic acids is 1. The minimum atomic E-state index is 0.0472. The Bertz CT molecular complexity index is 195. The Labute approximate surface area is 113 Å². The molecule has 0 heterocycles. The lowest BCUT2D eigenvalue weighted by Crippen LogP contribution is -2.33. The van der Waals surface area contributed by atoms with Crippen LogP contribution in [0.15, 0.2) is 0 Å². The minimum Gasteiger partial charge on any atom is -0.345 e. The maximum absolute atomic E-state index is 11.2. The van der Waals surface area contributed by atoms with Gasteiger partial charge in [-0.15, -0.1) is 0 Å². The lowest BCUT2D eigenvalue weighted by molar-refractivity contribution is -0.128. The molecule has 2 N–H and O–H groups in total. The molecule has 0 unspecified atom stereocenters. The van der Waals surface area contributed by atoms with E-state index in [0.29, 0.717) is 0 Å². The second-order valence-electron chi connectivity index (χ2n) is 5.20. The molecule has 0 aliphatic heterocycles. The van der Waals surface area contributed by atoms with Gasteiger partial charge in [0.25, 0.3) is 0 Å². The number of unbranched alkanes of at least 4 members (excludes halogenated alkanes) is 9. The Morgan fingerprint density at radius 3 is 1.78 bits per heavy atom. The van der Waals surface area contributed by atoms with Gasteiger partial charge in [0.1, 0.15) is 0 Å². The SMILES string of the molecule is CCCCCCCCCCCCN(C)C(=O)CN. The molecule has 0 atom stereocenters. The molecule has 0 aromatic heterocycles. The molecule has 1 amide bonds. The molecule has 0 saturated carbocycles. The molecule has 18 heavy (non-hydrogen) atoms. The summed E-state index contributed by atoms with van der Waals surface area (Å²) < 4.78 is 0. The zero-order valence-corrected chi connectivity index (χ0v) is 12.4. The molecule has 0 radical (unpaired) electrons. The summed E-state index contributed by atoms with van der Waals surface area (Å²) in [6.45, 7) is 3.24. The summed E-state index contributed by atoms with van der Waals surface area (Å²) in [5.74, 6) is 0.0472. The zero-order chi connectivity index (χ0) is 13.6. The van der Waals surface area contributed by atoms with Gasteiger partial charge in [-0.2, -0.15) is 0 Å². The van der Waals surface area contributed by atoms with Crippen molar-refractivity contribution in [3.63, 3.8) is 0 Å². The van der Waals surface area contributed by atoms with Crippen LogP contribution in [0.4, 0.5) is 0 Å². The van der Waals surface area contributed by atoms with Gasteiger partial charge in [-0.1, -0.05) is 64.7 Å². The molecule has 0 aliphatic rings. The highest BCUT2D eigenvalue weighted by Crippen LogP contribution is 2.10. The van der Waals surface area contributed by atoms with Crippen LogP contribution in [0, 0.1) is 0 Å². The van der Waals surface area contributed by atoms with E-state index in [1.807, 2.05) is 7.05 Å². The molecule has 0 aromatic rings. The van der Waals surface area contributed by atoms with Crippen molar-refractivity contribution in [2.45, 2.75) is 71.1 Å². The topological polar surface area (TPSA) is 46.3 Å². The van der Waals surface area contributed by atoms with Crippen molar-refractivity contribution in [1.82, 2.24) is 4.90 Å². The van der Waals surface area contributed by atoms with E-state index < -0.39 is 0 Å². The first kappa shape index (κ1) is 17.4. The van der Waals surface area contributed by atoms with E-state index in [2.05, 4.69) is 6.92 Å².